The van der Waals surface area contributed by atoms with Gasteiger partial charge in [0.05, 0.1) is 16.9 Å². The van der Waals surface area contributed by atoms with Crippen LogP contribution in [0, 0.1) is 41.8 Å². The van der Waals surface area contributed by atoms with E-state index in [2.05, 4.69) is 39.8 Å². The Balaban J connectivity index is 1.11. The van der Waals surface area contributed by atoms with Crippen LogP contribution >= 0.6 is 11.3 Å². The number of aryl methyl sites for hydroxylation is 1. The molecule has 5 aliphatic rings. The molecule has 1 atom stereocenters. The van der Waals surface area contributed by atoms with Gasteiger partial charge < -0.3 is 14.7 Å². The van der Waals surface area contributed by atoms with Crippen LogP contribution < -0.4 is 9.80 Å². The summed E-state index contributed by atoms with van der Waals surface area (Å²) in [6.45, 7) is 5.25. The Hall–Kier alpha value is -3.97. The van der Waals surface area contributed by atoms with Gasteiger partial charge in [0.25, 0.3) is 0 Å². The van der Waals surface area contributed by atoms with Gasteiger partial charge in [-0.15, -0.1) is 0 Å². The van der Waals surface area contributed by atoms with Gasteiger partial charge in [0, 0.05) is 62.0 Å². The third-order valence-corrected chi connectivity index (χ3v) is 11.1. The Kier molecular flexibility index (Phi) is 6.23. The molecule has 4 aliphatic carbocycles. The maximum atomic E-state index is 13.6. The monoisotopic (exact) mass is 595 g/mol. The molecule has 10 heteroatoms. The van der Waals surface area contributed by atoms with E-state index in [1.165, 1.54) is 36.3 Å². The standard InChI is InChI=1S/C33H34FN7OS/c1-19-13-25(39-9-11-40(12-10-39)32(42)26-16-20-14-23(26)15-20)17-27-31(30(22-3-4-22)37-41(19)27)38(2)33-36-29(28(18-35)43-33)21-5-7-24(34)8-6-21/h5-8,13,17,20,22-23,26H,3-4,9-12,14-16H2,1-2H3. The number of pyridine rings is 1. The topological polar surface area (TPSA) is 80.8 Å². The lowest BCUT2D eigenvalue weighted by Gasteiger charge is -2.38. The van der Waals surface area contributed by atoms with Gasteiger partial charge in [-0.2, -0.15) is 10.4 Å². The highest BCUT2D eigenvalue weighted by molar-refractivity contribution is 7.16. The molecule has 0 N–H and O–H groups in total. The van der Waals surface area contributed by atoms with Crippen LogP contribution in [-0.4, -0.2) is 58.6 Å². The van der Waals surface area contributed by atoms with Crippen molar-refractivity contribution in [2.75, 3.05) is 43.0 Å². The van der Waals surface area contributed by atoms with Crippen LogP contribution in [0.2, 0.25) is 0 Å². The molecule has 9 rings (SSSR count). The lowest BCUT2D eigenvalue weighted by Crippen LogP contribution is -2.50. The van der Waals surface area contributed by atoms with Crippen molar-refractivity contribution in [3.63, 3.8) is 0 Å². The molecule has 5 fully saturated rings. The maximum absolute atomic E-state index is 13.6. The highest BCUT2D eigenvalue weighted by Crippen LogP contribution is 2.53. The average molecular weight is 596 g/mol. The average Bonchev–Trinajstić information content (AvgIpc) is 3.34. The molecule has 0 spiro atoms. The lowest BCUT2D eigenvalue weighted by molar-refractivity contribution is -0.136. The highest BCUT2D eigenvalue weighted by atomic mass is 32.1. The number of aromatic nitrogens is 3. The predicted octanol–water partition coefficient (Wildman–Crippen LogP) is 6.12. The molecule has 0 radical (unpaired) electrons. The number of hydrogen-bond acceptors (Lipinski definition) is 7. The first-order valence-electron chi connectivity index (χ1n) is 15.4. The highest BCUT2D eigenvalue weighted by Gasteiger charge is 2.48. The van der Waals surface area contributed by atoms with Gasteiger partial charge in [-0.05, 0) is 87.3 Å². The summed E-state index contributed by atoms with van der Waals surface area (Å²) in [5.41, 5.74) is 6.58. The minimum atomic E-state index is -0.320. The first-order chi connectivity index (χ1) is 20.9. The normalized spacial score (nSPS) is 23.0. The Bertz CT molecular complexity index is 1770. The molecule has 43 heavy (non-hydrogen) atoms. The SMILES string of the molecule is Cc1cc(N2CCN(C(=O)C3CC4CC3C4)CC2)cc2c(N(C)c3nc(-c4ccc(F)cc4)c(C#N)s3)c(C3CC3)nn12. The van der Waals surface area contributed by atoms with Gasteiger partial charge in [-0.3, -0.25) is 4.79 Å². The van der Waals surface area contributed by atoms with Crippen LogP contribution in [0.5, 0.6) is 0 Å². The molecule has 3 aromatic heterocycles. The number of halogens is 1. The number of piperazine rings is 1. The summed E-state index contributed by atoms with van der Waals surface area (Å²) in [5, 5.41) is 15.7. The van der Waals surface area contributed by atoms with Crippen LogP contribution in [0.1, 0.15) is 54.3 Å². The summed E-state index contributed by atoms with van der Waals surface area (Å²) < 4.78 is 15.6. The number of thiazole rings is 1. The maximum Gasteiger partial charge on any atom is 0.226 e. The molecular formula is C33H34FN7OS. The number of rotatable bonds is 6. The van der Waals surface area contributed by atoms with E-state index in [0.29, 0.717) is 33.4 Å². The molecule has 4 saturated carbocycles. The van der Waals surface area contributed by atoms with Crippen molar-refractivity contribution >= 4 is 39.3 Å². The van der Waals surface area contributed by atoms with E-state index >= 15 is 0 Å². The van der Waals surface area contributed by atoms with Crippen molar-refractivity contribution < 1.29 is 9.18 Å². The third kappa shape index (κ3) is 4.48. The summed E-state index contributed by atoms with van der Waals surface area (Å²) in [4.78, 5) is 25.2. The van der Waals surface area contributed by atoms with Gasteiger partial charge in [0.2, 0.25) is 5.91 Å². The molecule has 1 unspecified atom stereocenters. The Labute approximate surface area is 254 Å². The lowest BCUT2D eigenvalue weighted by atomic mass is 9.82. The van der Waals surface area contributed by atoms with Crippen molar-refractivity contribution in [3.05, 3.63) is 58.5 Å². The van der Waals surface area contributed by atoms with Crippen LogP contribution in [0.25, 0.3) is 16.8 Å². The molecule has 1 amide bonds. The Morgan fingerprint density at radius 1 is 1.09 bits per heavy atom. The van der Waals surface area contributed by atoms with E-state index in [0.717, 1.165) is 85.2 Å². The van der Waals surface area contributed by atoms with Crippen LogP contribution in [0.15, 0.2) is 36.4 Å². The fraction of sp³-hybridized carbons (Fsp3) is 0.455. The molecule has 1 saturated heterocycles. The van der Waals surface area contributed by atoms with Gasteiger partial charge in [-0.1, -0.05) is 11.3 Å². The molecule has 1 aromatic carbocycles. The molecule has 4 aromatic rings. The second-order valence-electron chi connectivity index (χ2n) is 12.8. The zero-order chi connectivity index (χ0) is 29.4. The van der Waals surface area contributed by atoms with E-state index in [1.54, 1.807) is 12.1 Å². The van der Waals surface area contributed by atoms with Crippen LogP contribution in [0.4, 0.5) is 20.9 Å². The fourth-order valence-corrected chi connectivity index (χ4v) is 8.32. The summed E-state index contributed by atoms with van der Waals surface area (Å²) in [5.74, 6) is 2.15. The largest absolute Gasteiger partial charge is 0.368 e. The van der Waals surface area contributed by atoms with Crippen molar-refractivity contribution in [1.29, 1.82) is 5.26 Å². The molecule has 8 nitrogen and oxygen atoms in total. The number of amides is 1. The number of carbonyl (C=O) groups excluding carboxylic acids is 1. The van der Waals surface area contributed by atoms with Gasteiger partial charge in [-0.25, -0.2) is 13.9 Å². The zero-order valence-electron chi connectivity index (χ0n) is 24.5. The van der Waals surface area contributed by atoms with E-state index in [-0.39, 0.29) is 11.7 Å². The second kappa shape index (κ2) is 10.1. The van der Waals surface area contributed by atoms with Crippen molar-refractivity contribution in [2.24, 2.45) is 17.8 Å². The summed E-state index contributed by atoms with van der Waals surface area (Å²) in [7, 11) is 2.00. The third-order valence-electron chi connectivity index (χ3n) is 10.0. The number of benzene rings is 1. The molecule has 2 bridgehead atoms. The van der Waals surface area contributed by atoms with Gasteiger partial charge >= 0.3 is 0 Å². The van der Waals surface area contributed by atoms with E-state index in [1.807, 2.05) is 11.6 Å². The van der Waals surface area contributed by atoms with Gasteiger partial charge in [0.1, 0.15) is 22.5 Å². The van der Waals surface area contributed by atoms with E-state index in [9.17, 15) is 14.4 Å². The molecule has 220 valence electrons. The molecular weight excluding hydrogens is 561 g/mol. The minimum Gasteiger partial charge on any atom is -0.368 e. The van der Waals surface area contributed by atoms with Crippen molar-refractivity contribution in [1.82, 2.24) is 19.5 Å². The summed E-state index contributed by atoms with van der Waals surface area (Å²) in [6, 6.07) is 12.8. The number of carbonyl (C=O) groups is 1. The van der Waals surface area contributed by atoms with E-state index < -0.39 is 0 Å². The van der Waals surface area contributed by atoms with E-state index in [4.69, 9.17) is 10.1 Å². The fourth-order valence-electron chi connectivity index (χ4n) is 7.46. The smallest absolute Gasteiger partial charge is 0.226 e. The van der Waals surface area contributed by atoms with Gasteiger partial charge in [0.15, 0.2) is 5.13 Å². The van der Waals surface area contributed by atoms with Crippen LogP contribution in [0.3, 0.4) is 0 Å². The summed E-state index contributed by atoms with van der Waals surface area (Å²) >= 11 is 1.34. The number of hydrogen-bond donors (Lipinski definition) is 0. The van der Waals surface area contributed by atoms with Crippen molar-refractivity contribution in [3.8, 4) is 17.3 Å². The Morgan fingerprint density at radius 2 is 1.84 bits per heavy atom. The van der Waals surface area contributed by atoms with Crippen LogP contribution in [-0.2, 0) is 4.79 Å². The Morgan fingerprint density at radius 3 is 2.49 bits per heavy atom. The zero-order valence-corrected chi connectivity index (χ0v) is 25.3. The molecule has 4 heterocycles. The first-order valence-corrected chi connectivity index (χ1v) is 16.2. The predicted molar refractivity (Wildman–Crippen MR) is 165 cm³/mol. The number of nitriles is 1. The minimum absolute atomic E-state index is 0.261. The summed E-state index contributed by atoms with van der Waals surface area (Å²) in [6.07, 6.45) is 5.83. The quantitative estimate of drug-likeness (QED) is 0.267. The van der Waals surface area contributed by atoms with Crippen molar-refractivity contribution in [2.45, 2.75) is 44.9 Å². The number of anilines is 3. The second-order valence-corrected chi connectivity index (χ2v) is 13.7. The number of nitrogens with zero attached hydrogens (tertiary/aromatic N) is 7. The first kappa shape index (κ1) is 26.6. The number of fused-ring (bicyclic) bond motifs is 2. The molecule has 1 aliphatic heterocycles.